The number of rotatable bonds is 6. The Bertz CT molecular complexity index is 240. The average molecular weight is 191 g/mol. The quantitative estimate of drug-likeness (QED) is 0.568. The molecule has 0 atom stereocenters. The van der Waals surface area contributed by atoms with Gasteiger partial charge in [-0.1, -0.05) is 0 Å². The minimum absolute atomic E-state index is 0.0345. The number of hydrogen-bond donors (Lipinski definition) is 0. The lowest BCUT2D eigenvalue weighted by molar-refractivity contribution is 0.199. The largest absolute Gasteiger partial charge is 0.385 e. The van der Waals surface area contributed by atoms with E-state index in [-0.39, 0.29) is 17.9 Å². The van der Waals surface area contributed by atoms with Crippen LogP contribution in [0.5, 0.6) is 0 Å². The second kappa shape index (κ2) is 5.98. The van der Waals surface area contributed by atoms with Gasteiger partial charge in [0.15, 0.2) is 9.84 Å². The molecule has 0 N–H and O–H groups in total. The van der Waals surface area contributed by atoms with Gasteiger partial charge < -0.3 is 4.74 Å². The Morgan fingerprint density at radius 3 is 2.58 bits per heavy atom. The molecule has 0 aliphatic rings. The van der Waals surface area contributed by atoms with E-state index < -0.39 is 9.84 Å². The molecule has 0 aliphatic heterocycles. The zero-order valence-electron chi connectivity index (χ0n) is 7.12. The number of nitrogens with zero attached hydrogens (tertiary/aromatic N) is 1. The first kappa shape index (κ1) is 11.4. The molecule has 0 aliphatic carbocycles. The van der Waals surface area contributed by atoms with Gasteiger partial charge in [-0.05, 0) is 6.42 Å². The predicted molar refractivity (Wildman–Crippen MR) is 45.4 cm³/mol. The summed E-state index contributed by atoms with van der Waals surface area (Å²) >= 11 is 0. The molecule has 0 aromatic carbocycles. The van der Waals surface area contributed by atoms with Crippen LogP contribution in [0.1, 0.15) is 12.8 Å². The molecule has 0 saturated carbocycles. The summed E-state index contributed by atoms with van der Waals surface area (Å²) in [5.41, 5.74) is 0. The first-order valence-electron chi connectivity index (χ1n) is 3.68. The first-order chi connectivity index (χ1) is 5.62. The van der Waals surface area contributed by atoms with Gasteiger partial charge in [0.25, 0.3) is 0 Å². The zero-order chi connectivity index (χ0) is 9.45. The van der Waals surface area contributed by atoms with Gasteiger partial charge >= 0.3 is 0 Å². The van der Waals surface area contributed by atoms with Gasteiger partial charge in [0.2, 0.25) is 0 Å². The highest BCUT2D eigenvalue weighted by molar-refractivity contribution is 7.91. The normalized spacial score (nSPS) is 11.0. The number of methoxy groups -OCH3 is 1. The third-order valence-electron chi connectivity index (χ3n) is 1.33. The SMILES string of the molecule is COCCCS(=O)(=O)CCC#N. The summed E-state index contributed by atoms with van der Waals surface area (Å²) in [6.07, 6.45) is 0.583. The van der Waals surface area contributed by atoms with E-state index in [0.717, 1.165) is 0 Å². The standard InChI is InChI=1S/C7H13NO3S/c1-11-5-3-7-12(9,10)6-2-4-8/h2-3,5-7H2,1H3. The Hall–Kier alpha value is -0.600. The summed E-state index contributed by atoms with van der Waals surface area (Å²) in [5.74, 6) is 0.0791. The Morgan fingerprint density at radius 1 is 1.42 bits per heavy atom. The fraction of sp³-hybridized carbons (Fsp3) is 0.857. The van der Waals surface area contributed by atoms with Crippen molar-refractivity contribution >= 4 is 9.84 Å². The molecule has 0 saturated heterocycles. The van der Waals surface area contributed by atoms with Gasteiger partial charge in [-0.15, -0.1) is 0 Å². The maximum Gasteiger partial charge on any atom is 0.151 e. The van der Waals surface area contributed by atoms with Gasteiger partial charge in [0.05, 0.1) is 17.6 Å². The Morgan fingerprint density at radius 2 is 2.08 bits per heavy atom. The van der Waals surface area contributed by atoms with Crippen molar-refractivity contribution in [3.8, 4) is 6.07 Å². The molecule has 0 bridgehead atoms. The Balaban J connectivity index is 3.67. The summed E-state index contributed by atoms with van der Waals surface area (Å²) in [5, 5.41) is 8.16. The van der Waals surface area contributed by atoms with Crippen molar-refractivity contribution in [2.75, 3.05) is 25.2 Å². The van der Waals surface area contributed by atoms with Gasteiger partial charge in [-0.25, -0.2) is 8.42 Å². The van der Waals surface area contributed by atoms with Gasteiger partial charge in [0.1, 0.15) is 0 Å². The van der Waals surface area contributed by atoms with Crippen LogP contribution in [0.25, 0.3) is 0 Å². The molecule has 0 fully saturated rings. The highest BCUT2D eigenvalue weighted by Crippen LogP contribution is 1.96. The summed E-state index contributed by atoms with van der Waals surface area (Å²) in [6.45, 7) is 0.450. The van der Waals surface area contributed by atoms with Crippen LogP contribution in [-0.2, 0) is 14.6 Å². The molecule has 4 nitrogen and oxygen atoms in total. The van der Waals surface area contributed by atoms with E-state index in [1.807, 2.05) is 0 Å². The predicted octanol–water partition coefficient (Wildman–Crippen LogP) is 0.351. The van der Waals surface area contributed by atoms with Crippen molar-refractivity contribution in [2.24, 2.45) is 0 Å². The van der Waals surface area contributed by atoms with Crippen molar-refractivity contribution in [1.82, 2.24) is 0 Å². The summed E-state index contributed by atoms with van der Waals surface area (Å²) in [7, 11) is -1.49. The molecule has 0 heterocycles. The minimum atomic E-state index is -3.02. The maximum atomic E-state index is 11.1. The fourth-order valence-corrected chi connectivity index (χ4v) is 1.89. The van der Waals surface area contributed by atoms with E-state index in [1.54, 1.807) is 6.07 Å². The molecule has 0 spiro atoms. The number of sulfone groups is 1. The molecular weight excluding hydrogens is 178 g/mol. The number of nitriles is 1. The highest BCUT2D eigenvalue weighted by atomic mass is 32.2. The molecule has 12 heavy (non-hydrogen) atoms. The molecule has 5 heteroatoms. The fourth-order valence-electron chi connectivity index (χ4n) is 0.726. The van der Waals surface area contributed by atoms with Crippen LogP contribution in [0.3, 0.4) is 0 Å². The second-order valence-electron chi connectivity index (χ2n) is 2.41. The Labute approximate surface area is 73.1 Å². The molecule has 0 amide bonds. The van der Waals surface area contributed by atoms with Crippen molar-refractivity contribution in [2.45, 2.75) is 12.8 Å². The van der Waals surface area contributed by atoms with Crippen molar-refractivity contribution in [3.63, 3.8) is 0 Å². The van der Waals surface area contributed by atoms with Crippen LogP contribution in [0.15, 0.2) is 0 Å². The van der Waals surface area contributed by atoms with E-state index in [2.05, 4.69) is 0 Å². The molecule has 0 rings (SSSR count). The van der Waals surface area contributed by atoms with Crippen molar-refractivity contribution in [3.05, 3.63) is 0 Å². The maximum absolute atomic E-state index is 11.1. The first-order valence-corrected chi connectivity index (χ1v) is 5.51. The topological polar surface area (TPSA) is 67.2 Å². The minimum Gasteiger partial charge on any atom is -0.385 e. The molecule has 0 aromatic heterocycles. The van der Waals surface area contributed by atoms with E-state index in [4.69, 9.17) is 10.00 Å². The monoisotopic (exact) mass is 191 g/mol. The zero-order valence-corrected chi connectivity index (χ0v) is 7.93. The highest BCUT2D eigenvalue weighted by Gasteiger charge is 2.08. The lowest BCUT2D eigenvalue weighted by Crippen LogP contribution is -2.12. The summed E-state index contributed by atoms with van der Waals surface area (Å²) in [6, 6.07) is 1.80. The van der Waals surface area contributed by atoms with Crippen molar-refractivity contribution in [1.29, 1.82) is 5.26 Å². The van der Waals surface area contributed by atoms with Crippen LogP contribution < -0.4 is 0 Å². The molecule has 0 radical (unpaired) electrons. The molecular formula is C7H13NO3S. The van der Waals surface area contributed by atoms with Gasteiger partial charge in [0, 0.05) is 20.1 Å². The van der Waals surface area contributed by atoms with Gasteiger partial charge in [-0.2, -0.15) is 5.26 Å². The van der Waals surface area contributed by atoms with Gasteiger partial charge in [-0.3, -0.25) is 0 Å². The van der Waals surface area contributed by atoms with E-state index >= 15 is 0 Å². The number of hydrogen-bond acceptors (Lipinski definition) is 4. The third kappa shape index (κ3) is 6.13. The third-order valence-corrected chi connectivity index (χ3v) is 3.07. The van der Waals surface area contributed by atoms with E-state index in [9.17, 15) is 8.42 Å². The molecule has 0 unspecified atom stereocenters. The second-order valence-corrected chi connectivity index (χ2v) is 4.71. The van der Waals surface area contributed by atoms with E-state index in [0.29, 0.717) is 13.0 Å². The average Bonchev–Trinajstić information content (AvgIpc) is 2.01. The Kier molecular flexibility index (Phi) is 5.68. The molecule has 0 aromatic rings. The van der Waals surface area contributed by atoms with Crippen LogP contribution in [0.2, 0.25) is 0 Å². The summed E-state index contributed by atoms with van der Waals surface area (Å²) in [4.78, 5) is 0. The lowest BCUT2D eigenvalue weighted by Gasteiger charge is -2.00. The lowest BCUT2D eigenvalue weighted by atomic mass is 10.5. The number of ether oxygens (including phenoxy) is 1. The van der Waals surface area contributed by atoms with E-state index in [1.165, 1.54) is 7.11 Å². The van der Waals surface area contributed by atoms with Crippen molar-refractivity contribution < 1.29 is 13.2 Å². The van der Waals surface area contributed by atoms with Crippen LogP contribution in [0, 0.1) is 11.3 Å². The van der Waals surface area contributed by atoms with Crippen LogP contribution >= 0.6 is 0 Å². The van der Waals surface area contributed by atoms with Crippen LogP contribution in [0.4, 0.5) is 0 Å². The summed E-state index contributed by atoms with van der Waals surface area (Å²) < 4.78 is 26.8. The smallest absolute Gasteiger partial charge is 0.151 e. The van der Waals surface area contributed by atoms with Crippen LogP contribution in [-0.4, -0.2) is 33.6 Å². The molecule has 70 valence electrons.